The summed E-state index contributed by atoms with van der Waals surface area (Å²) < 4.78 is 5.84. The zero-order valence-electron chi connectivity index (χ0n) is 22.8. The van der Waals surface area contributed by atoms with Crippen molar-refractivity contribution in [1.82, 2.24) is 0 Å². The molecule has 0 aromatic rings. The van der Waals surface area contributed by atoms with Crippen molar-refractivity contribution < 1.29 is 9.53 Å². The van der Waals surface area contributed by atoms with E-state index in [1.54, 1.807) is 5.57 Å². The summed E-state index contributed by atoms with van der Waals surface area (Å²) in [5.41, 5.74) is 2.53. The third-order valence-corrected chi connectivity index (χ3v) is 11.0. The number of rotatable bonds is 7. The minimum Gasteiger partial charge on any atom is -0.458 e. The fraction of sp³-hybridized carbons (Fsp3) is 0.903. The van der Waals surface area contributed by atoms with Gasteiger partial charge in [-0.15, -0.1) is 0 Å². The van der Waals surface area contributed by atoms with Gasteiger partial charge in [-0.25, -0.2) is 0 Å². The van der Waals surface area contributed by atoms with Crippen molar-refractivity contribution in [2.24, 2.45) is 52.3 Å². The molecule has 33 heavy (non-hydrogen) atoms. The molecule has 2 nitrogen and oxygen atoms in total. The molecule has 0 N–H and O–H groups in total. The summed E-state index contributed by atoms with van der Waals surface area (Å²) in [6.07, 6.45) is 17.2. The highest BCUT2D eigenvalue weighted by Crippen LogP contribution is 2.67. The van der Waals surface area contributed by atoms with Crippen LogP contribution in [0.4, 0.5) is 0 Å². The molecule has 0 aliphatic heterocycles. The lowest BCUT2D eigenvalue weighted by atomic mass is 9.46. The van der Waals surface area contributed by atoms with Crippen LogP contribution in [0.1, 0.15) is 119 Å². The molecule has 4 aliphatic carbocycles. The summed E-state index contributed by atoms with van der Waals surface area (Å²) in [6, 6.07) is 0. The van der Waals surface area contributed by atoms with Crippen LogP contribution < -0.4 is 0 Å². The number of carbonyl (C=O) groups excluding carboxylic acids is 1. The van der Waals surface area contributed by atoms with Crippen molar-refractivity contribution in [3.63, 3.8) is 0 Å². The lowest BCUT2D eigenvalue weighted by Gasteiger charge is -2.59. The Morgan fingerprint density at radius 3 is 2.42 bits per heavy atom. The molecule has 0 heterocycles. The van der Waals surface area contributed by atoms with E-state index in [2.05, 4.69) is 40.7 Å². The maximum absolute atomic E-state index is 12.2. The summed E-state index contributed by atoms with van der Waals surface area (Å²) >= 11 is 0. The molecule has 0 saturated heterocycles. The summed E-state index contributed by atoms with van der Waals surface area (Å²) in [5.74, 6) is 5.27. The van der Waals surface area contributed by atoms with E-state index in [0.29, 0.717) is 10.8 Å². The number of hydrogen-bond acceptors (Lipinski definition) is 2. The molecule has 0 aromatic heterocycles. The maximum Gasteiger partial charge on any atom is 0.308 e. The average Bonchev–Trinajstić information content (AvgIpc) is 3.11. The molecule has 0 spiro atoms. The average molecular weight is 457 g/mol. The van der Waals surface area contributed by atoms with Crippen LogP contribution in [0.3, 0.4) is 0 Å². The third kappa shape index (κ3) is 4.71. The fourth-order valence-corrected chi connectivity index (χ4v) is 9.10. The number of fused-ring (bicyclic) bond motifs is 5. The van der Waals surface area contributed by atoms with Crippen molar-refractivity contribution >= 4 is 5.97 Å². The molecule has 188 valence electrons. The first-order valence-electron chi connectivity index (χ1n) is 14.5. The SMILES string of the molecule is CC(C)CCCC(C)C1CCC2C3CCC4=CC(OC(=O)C(C)C)CCC4(C)C3CCC12C. The Morgan fingerprint density at radius 1 is 0.970 bits per heavy atom. The highest BCUT2D eigenvalue weighted by molar-refractivity contribution is 5.71. The number of allylic oxidation sites excluding steroid dienone is 1. The topological polar surface area (TPSA) is 26.3 Å². The molecule has 4 aliphatic rings. The smallest absolute Gasteiger partial charge is 0.308 e. The van der Waals surface area contributed by atoms with Gasteiger partial charge in [0.2, 0.25) is 0 Å². The zero-order chi connectivity index (χ0) is 24.0. The normalized spacial score (nSPS) is 41.2. The first-order chi connectivity index (χ1) is 15.6. The Balaban J connectivity index is 1.45. The van der Waals surface area contributed by atoms with Crippen LogP contribution in [0.5, 0.6) is 0 Å². The van der Waals surface area contributed by atoms with E-state index in [1.165, 1.54) is 64.2 Å². The van der Waals surface area contributed by atoms with Gasteiger partial charge < -0.3 is 4.74 Å². The fourth-order valence-electron chi connectivity index (χ4n) is 9.10. The molecule has 0 aromatic carbocycles. The molecule has 8 atom stereocenters. The first-order valence-corrected chi connectivity index (χ1v) is 14.5. The van der Waals surface area contributed by atoms with Gasteiger partial charge in [-0.1, -0.05) is 73.3 Å². The summed E-state index contributed by atoms with van der Waals surface area (Å²) in [6.45, 7) is 16.5. The quantitative estimate of drug-likeness (QED) is 0.283. The predicted molar refractivity (Wildman–Crippen MR) is 138 cm³/mol. The zero-order valence-corrected chi connectivity index (χ0v) is 22.8. The van der Waals surface area contributed by atoms with Crippen LogP contribution in [0, 0.1) is 52.3 Å². The molecule has 0 radical (unpaired) electrons. The second-order valence-corrected chi connectivity index (χ2v) is 13.7. The van der Waals surface area contributed by atoms with Crippen LogP contribution in [-0.4, -0.2) is 12.1 Å². The molecular formula is C31H52O2. The van der Waals surface area contributed by atoms with Gasteiger partial charge in [-0.05, 0) is 104 Å². The molecule has 3 saturated carbocycles. The van der Waals surface area contributed by atoms with E-state index in [0.717, 1.165) is 41.9 Å². The van der Waals surface area contributed by atoms with Crippen LogP contribution in [-0.2, 0) is 9.53 Å². The third-order valence-electron chi connectivity index (χ3n) is 11.0. The van der Waals surface area contributed by atoms with Gasteiger partial charge in [-0.2, -0.15) is 0 Å². The highest BCUT2D eigenvalue weighted by Gasteiger charge is 2.59. The Kier molecular flexibility index (Phi) is 7.43. The van der Waals surface area contributed by atoms with Crippen molar-refractivity contribution in [3.05, 3.63) is 11.6 Å². The standard InChI is InChI=1S/C31H52O2/c1-20(2)9-8-10-22(5)26-13-14-27-25-12-11-23-19-24(33-29(32)21(3)4)15-17-30(23,6)28(25)16-18-31(26,27)7/h19-22,24-28H,8-18H2,1-7H3. The van der Waals surface area contributed by atoms with E-state index in [4.69, 9.17) is 4.74 Å². The lowest BCUT2D eigenvalue weighted by molar-refractivity contribution is -0.152. The highest BCUT2D eigenvalue weighted by atomic mass is 16.5. The minimum absolute atomic E-state index is 0.0101. The summed E-state index contributed by atoms with van der Waals surface area (Å²) in [7, 11) is 0. The Bertz CT molecular complexity index is 735. The van der Waals surface area contributed by atoms with Gasteiger partial charge in [0, 0.05) is 0 Å². The second-order valence-electron chi connectivity index (χ2n) is 13.7. The molecule has 4 rings (SSSR count). The van der Waals surface area contributed by atoms with Crippen molar-refractivity contribution in [3.8, 4) is 0 Å². The number of carbonyl (C=O) groups is 1. The van der Waals surface area contributed by atoms with Crippen LogP contribution in [0.2, 0.25) is 0 Å². The van der Waals surface area contributed by atoms with Gasteiger partial charge in [0.05, 0.1) is 5.92 Å². The lowest BCUT2D eigenvalue weighted by Crippen LogP contribution is -2.51. The molecule has 3 fully saturated rings. The largest absolute Gasteiger partial charge is 0.458 e. The number of hydrogen-bond donors (Lipinski definition) is 0. The Morgan fingerprint density at radius 2 is 1.73 bits per heavy atom. The van der Waals surface area contributed by atoms with Crippen molar-refractivity contribution in [1.29, 1.82) is 0 Å². The van der Waals surface area contributed by atoms with Gasteiger partial charge >= 0.3 is 5.97 Å². The Hall–Kier alpha value is -0.790. The van der Waals surface area contributed by atoms with E-state index in [9.17, 15) is 4.79 Å². The minimum atomic E-state index is -0.0397. The van der Waals surface area contributed by atoms with Crippen LogP contribution in [0.15, 0.2) is 11.6 Å². The predicted octanol–water partition coefficient (Wildman–Crippen LogP) is 8.60. The first kappa shape index (κ1) is 25.3. The molecule has 0 bridgehead atoms. The van der Waals surface area contributed by atoms with Crippen LogP contribution in [0.25, 0.3) is 0 Å². The van der Waals surface area contributed by atoms with Gasteiger partial charge in [0.15, 0.2) is 0 Å². The number of esters is 1. The van der Waals surface area contributed by atoms with E-state index >= 15 is 0 Å². The van der Waals surface area contributed by atoms with Crippen molar-refractivity contribution in [2.45, 2.75) is 125 Å². The summed E-state index contributed by atoms with van der Waals surface area (Å²) in [4.78, 5) is 12.2. The van der Waals surface area contributed by atoms with Gasteiger partial charge in [-0.3, -0.25) is 4.79 Å². The van der Waals surface area contributed by atoms with Crippen molar-refractivity contribution in [2.75, 3.05) is 0 Å². The van der Waals surface area contributed by atoms with Gasteiger partial charge in [0.1, 0.15) is 6.10 Å². The molecular weight excluding hydrogens is 404 g/mol. The molecule has 2 heteroatoms. The maximum atomic E-state index is 12.2. The summed E-state index contributed by atoms with van der Waals surface area (Å²) in [5, 5.41) is 0. The number of ether oxygens (including phenoxy) is 1. The Labute approximate surface area is 204 Å². The monoisotopic (exact) mass is 456 g/mol. The molecule has 0 amide bonds. The van der Waals surface area contributed by atoms with E-state index < -0.39 is 0 Å². The van der Waals surface area contributed by atoms with E-state index in [1.807, 2.05) is 13.8 Å². The van der Waals surface area contributed by atoms with Crippen LogP contribution >= 0.6 is 0 Å². The molecule has 8 unspecified atom stereocenters. The van der Waals surface area contributed by atoms with Gasteiger partial charge in [0.25, 0.3) is 0 Å². The van der Waals surface area contributed by atoms with E-state index in [-0.39, 0.29) is 18.0 Å². The second kappa shape index (κ2) is 9.69.